The van der Waals surface area contributed by atoms with Crippen molar-refractivity contribution in [2.24, 2.45) is 0 Å². The molecule has 0 aliphatic rings. The van der Waals surface area contributed by atoms with Crippen molar-refractivity contribution < 1.29 is 170 Å². The quantitative estimate of drug-likeness (QED) is 0.0865. The second-order valence-electron chi connectivity index (χ2n) is 6.52. The van der Waals surface area contributed by atoms with E-state index in [1.165, 1.54) is 83.5 Å². The van der Waals surface area contributed by atoms with E-state index >= 15 is 0 Å². The van der Waals surface area contributed by atoms with Gasteiger partial charge in [-0.1, -0.05) is 90.4 Å². The smallest absolute Gasteiger partial charge is 0.781 e. The molecule has 192 valence electrons. The summed E-state index contributed by atoms with van der Waals surface area (Å²) in [6, 6.07) is 0. The zero-order valence-electron chi connectivity index (χ0n) is 22.1. The molecule has 0 amide bonds. The Morgan fingerprint density at radius 2 is 0.686 bits per heavy atom. The Morgan fingerprint density at radius 3 is 0.829 bits per heavy atom. The van der Waals surface area contributed by atoms with Crippen molar-refractivity contribution in [3.63, 3.8) is 0 Å². The van der Waals surface area contributed by atoms with Crippen molar-refractivity contribution >= 4 is 33.0 Å². The first-order valence-electron chi connectivity index (χ1n) is 10.5. The summed E-state index contributed by atoms with van der Waals surface area (Å²) in [6.45, 7) is 2.65. The van der Waals surface area contributed by atoms with E-state index in [1.54, 1.807) is 0 Å². The molecule has 0 fully saturated rings. The Bertz CT molecular complexity index is 421. The molecular formula is C16H38Na4O11P4. The van der Waals surface area contributed by atoms with Gasteiger partial charge >= 0.3 is 118 Å². The Labute approximate surface area is 302 Å². The zero-order chi connectivity index (χ0) is 24.3. The van der Waals surface area contributed by atoms with Crippen molar-refractivity contribution in [2.45, 2.75) is 96.8 Å². The fourth-order valence-electron chi connectivity index (χ4n) is 2.44. The summed E-state index contributed by atoms with van der Waals surface area (Å²) in [5, 5.41) is 8.64. The van der Waals surface area contributed by atoms with Crippen LogP contribution in [-0.4, -0.2) is 11.7 Å². The van der Waals surface area contributed by atoms with Crippen LogP contribution in [0.4, 0.5) is 0 Å². The summed E-state index contributed by atoms with van der Waals surface area (Å²) in [6.07, 6.45) is 19.2. The van der Waals surface area contributed by atoms with E-state index in [9.17, 15) is 37.8 Å². The molecule has 0 spiro atoms. The number of aliphatic hydroxyl groups excluding tert-OH is 1. The number of unbranched alkanes of at least 4 members (excludes halogenated alkanes) is 13. The van der Waals surface area contributed by atoms with Gasteiger partial charge < -0.3 is 42.9 Å². The van der Waals surface area contributed by atoms with Gasteiger partial charge in [0, 0.05) is 6.61 Å². The van der Waals surface area contributed by atoms with Gasteiger partial charge in [-0.05, 0) is 6.42 Å². The molecule has 0 aliphatic heterocycles. The molecule has 0 saturated heterocycles. The average Bonchev–Trinajstić information content (AvgIpc) is 2.64. The molecule has 4 unspecified atom stereocenters. The zero-order valence-corrected chi connectivity index (χ0v) is 34.1. The molecule has 11 nitrogen and oxygen atoms in total. The van der Waals surface area contributed by atoms with Crippen molar-refractivity contribution in [2.75, 3.05) is 6.61 Å². The van der Waals surface area contributed by atoms with Gasteiger partial charge in [-0.3, -0.25) is 8.62 Å². The van der Waals surface area contributed by atoms with Gasteiger partial charge in [-0.25, -0.2) is 0 Å². The van der Waals surface area contributed by atoms with Gasteiger partial charge in [0.2, 0.25) is 0 Å². The second kappa shape index (κ2) is 48.4. The van der Waals surface area contributed by atoms with E-state index in [1.807, 2.05) is 0 Å². The van der Waals surface area contributed by atoms with Crippen molar-refractivity contribution in [3.05, 3.63) is 0 Å². The van der Waals surface area contributed by atoms with Crippen LogP contribution in [-0.2, 0) is 26.9 Å². The minimum absolute atomic E-state index is 0. The molecule has 0 saturated carbocycles. The third-order valence-electron chi connectivity index (χ3n) is 3.85. The number of aliphatic hydroxyl groups is 1. The second-order valence-corrected chi connectivity index (χ2v) is 10.2. The minimum atomic E-state index is -3.51. The summed E-state index contributed by atoms with van der Waals surface area (Å²) in [5.41, 5.74) is 0. The molecule has 0 heterocycles. The molecule has 0 aromatic heterocycles. The van der Waals surface area contributed by atoms with E-state index in [-0.39, 0.29) is 118 Å². The molecule has 35 heavy (non-hydrogen) atoms. The van der Waals surface area contributed by atoms with Gasteiger partial charge in [0.05, 0.1) is 0 Å². The summed E-state index contributed by atoms with van der Waals surface area (Å²) in [5.74, 6) is 0. The normalized spacial score (nSPS) is 12.7. The van der Waals surface area contributed by atoms with E-state index in [0.717, 1.165) is 6.42 Å². The molecule has 1 N–H and O–H groups in total. The fourth-order valence-corrected chi connectivity index (χ4v) is 3.53. The van der Waals surface area contributed by atoms with Gasteiger partial charge in [0.25, 0.3) is 0 Å². The molecule has 0 aromatic carbocycles. The first-order valence-corrected chi connectivity index (χ1v) is 15.4. The summed E-state index contributed by atoms with van der Waals surface area (Å²) >= 11 is 0. The van der Waals surface area contributed by atoms with Crippen LogP contribution in [0.25, 0.3) is 0 Å². The monoisotopic (exact) mass is 622 g/mol. The average molecular weight is 622 g/mol. The van der Waals surface area contributed by atoms with Crippen LogP contribution in [0.2, 0.25) is 0 Å². The van der Waals surface area contributed by atoms with Crippen LogP contribution in [0.1, 0.15) is 96.8 Å². The summed E-state index contributed by atoms with van der Waals surface area (Å²) < 4.78 is 43.6. The minimum Gasteiger partial charge on any atom is -0.781 e. The topological polar surface area (TPSA) is 199 Å². The third kappa shape index (κ3) is 73.1. The molecule has 0 rings (SSSR count). The molecule has 19 heteroatoms. The van der Waals surface area contributed by atoms with Crippen LogP contribution in [0.3, 0.4) is 0 Å². The maximum absolute atomic E-state index is 9.29. The molecular weight excluding hydrogens is 584 g/mol. The van der Waals surface area contributed by atoms with E-state index in [0.29, 0.717) is 6.61 Å². The Kier molecular flexibility index (Phi) is 76.8. The largest absolute Gasteiger partial charge is 1.00 e. The SMILES string of the molecule is CCCCCCCCCCCCCCCCO.O=[PH]([O-])O[PH](=O)[O-].O=[PH]([O-])O[PH](=O)[O-].[Na+].[Na+].[Na+].[Na+]. The van der Waals surface area contributed by atoms with Gasteiger partial charge in [-0.2, -0.15) is 0 Å². The van der Waals surface area contributed by atoms with Crippen LogP contribution in [0.15, 0.2) is 0 Å². The van der Waals surface area contributed by atoms with E-state index in [2.05, 4.69) is 15.5 Å². The van der Waals surface area contributed by atoms with Gasteiger partial charge in [0.15, 0.2) is 0 Å². The van der Waals surface area contributed by atoms with Gasteiger partial charge in [-0.15, -0.1) is 0 Å². The van der Waals surface area contributed by atoms with Crippen LogP contribution < -0.4 is 138 Å². The molecule has 0 radical (unpaired) electrons. The Morgan fingerprint density at radius 1 is 0.486 bits per heavy atom. The van der Waals surface area contributed by atoms with Crippen molar-refractivity contribution in [1.82, 2.24) is 0 Å². The predicted molar refractivity (Wildman–Crippen MR) is 116 cm³/mol. The molecule has 0 aromatic rings. The third-order valence-corrected chi connectivity index (χ3v) is 6.51. The van der Waals surface area contributed by atoms with Crippen LogP contribution in [0, 0.1) is 0 Å². The van der Waals surface area contributed by atoms with Crippen molar-refractivity contribution in [1.29, 1.82) is 0 Å². The predicted octanol–water partition coefficient (Wildman–Crippen LogP) is -9.52. The maximum atomic E-state index is 9.29. The van der Waals surface area contributed by atoms with Crippen LogP contribution >= 0.6 is 33.0 Å². The Balaban J connectivity index is -0.0000000738. The maximum Gasteiger partial charge on any atom is 1.00 e. The fraction of sp³-hybridized carbons (Fsp3) is 1.00. The molecule has 0 bridgehead atoms. The number of hydrogen-bond donors (Lipinski definition) is 1. The Hall–Kier alpha value is 4.64. The number of rotatable bonds is 18. The first kappa shape index (κ1) is 55.6. The summed E-state index contributed by atoms with van der Waals surface area (Å²) in [4.78, 5) is 37.1. The van der Waals surface area contributed by atoms with Crippen molar-refractivity contribution in [3.8, 4) is 0 Å². The van der Waals surface area contributed by atoms with E-state index < -0.39 is 33.0 Å². The first-order chi connectivity index (χ1) is 14.7. The number of hydrogen-bond acceptors (Lipinski definition) is 11. The van der Waals surface area contributed by atoms with Crippen LogP contribution in [0.5, 0.6) is 0 Å². The van der Waals surface area contributed by atoms with E-state index in [4.69, 9.17) is 5.11 Å². The van der Waals surface area contributed by atoms with Gasteiger partial charge in [0.1, 0.15) is 33.0 Å². The molecule has 0 aliphatic carbocycles. The summed E-state index contributed by atoms with van der Waals surface area (Å²) in [7, 11) is -14.1. The molecule has 4 atom stereocenters. The standard InChI is InChI=1S/C16H34O.4Na.2H4O5P2/c1-2-3-4-5-6-7-8-9-10-11-12-13-14-15-16-17;;;;;2*1-6(2)5-7(3)4/h17H,2-16H2,1H3;;;;;2*6-7H,(H,1,2)(H,3,4)/q;4*+1;;/p-4.